The van der Waals surface area contributed by atoms with Crippen molar-refractivity contribution in [2.24, 2.45) is 5.92 Å². The van der Waals surface area contributed by atoms with Gasteiger partial charge in [-0.25, -0.2) is 4.39 Å². The molecule has 1 heterocycles. The second kappa shape index (κ2) is 11.8. The number of halogens is 2. The Hall–Kier alpha value is -1.46. The monoisotopic (exact) mass is 422 g/mol. The molecule has 1 aromatic carbocycles. The second-order valence-electron chi connectivity index (χ2n) is 8.63. The van der Waals surface area contributed by atoms with Crippen molar-refractivity contribution in [3.05, 3.63) is 41.5 Å². The van der Waals surface area contributed by atoms with Crippen molar-refractivity contribution in [1.29, 1.82) is 0 Å². The van der Waals surface area contributed by atoms with E-state index in [0.29, 0.717) is 18.1 Å². The third-order valence-electron chi connectivity index (χ3n) is 6.33. The van der Waals surface area contributed by atoms with E-state index in [1.807, 2.05) is 19.9 Å². The Balaban J connectivity index is 1.43. The Kier molecular flexibility index (Phi) is 9.13. The summed E-state index contributed by atoms with van der Waals surface area (Å²) in [5, 5.41) is 0. The average molecular weight is 423 g/mol. The fraction of sp³-hybridized carbons (Fsp3) is 0.680. The van der Waals surface area contributed by atoms with Crippen LogP contribution in [0.5, 0.6) is 5.75 Å². The Labute approximate surface area is 179 Å². The minimum absolute atomic E-state index is 0.0214. The summed E-state index contributed by atoms with van der Waals surface area (Å²) in [6, 6.07) is 3.28. The molecule has 1 aromatic rings. The standard InChI is InChI=1S/C25H36F2O3/c1-3-5-15-28-23-14-13-22(24(26)25(23)27)19-8-11-21(12-9-19)30-17-18-7-10-20(6-4-2)29-16-18/h4,6,13-14,18-21H,3,5,7-12,15-17H2,1-2H3. The van der Waals surface area contributed by atoms with Gasteiger partial charge in [0.05, 0.1) is 32.0 Å². The molecule has 168 valence electrons. The Bertz CT molecular complexity index is 675. The number of unbranched alkanes of at least 4 members (excludes halogenated alkanes) is 1. The molecule has 1 aliphatic heterocycles. The smallest absolute Gasteiger partial charge is 0.200 e. The van der Waals surface area contributed by atoms with Gasteiger partial charge in [-0.1, -0.05) is 31.6 Å². The molecule has 0 amide bonds. The van der Waals surface area contributed by atoms with Crippen molar-refractivity contribution >= 4 is 0 Å². The summed E-state index contributed by atoms with van der Waals surface area (Å²) in [4.78, 5) is 0. The van der Waals surface area contributed by atoms with Crippen LogP contribution in [0, 0.1) is 17.6 Å². The largest absolute Gasteiger partial charge is 0.490 e. The molecule has 0 radical (unpaired) electrons. The van der Waals surface area contributed by atoms with Gasteiger partial charge in [-0.3, -0.25) is 0 Å². The predicted molar refractivity (Wildman–Crippen MR) is 115 cm³/mol. The summed E-state index contributed by atoms with van der Waals surface area (Å²) in [5.74, 6) is -1.08. The van der Waals surface area contributed by atoms with Gasteiger partial charge in [0.25, 0.3) is 0 Å². The molecule has 2 aliphatic rings. The highest BCUT2D eigenvalue weighted by Crippen LogP contribution is 2.37. The molecule has 0 aromatic heterocycles. The maximum Gasteiger partial charge on any atom is 0.200 e. The lowest BCUT2D eigenvalue weighted by atomic mass is 9.82. The number of hydrogen-bond acceptors (Lipinski definition) is 3. The van der Waals surface area contributed by atoms with Crippen LogP contribution in [0.15, 0.2) is 24.3 Å². The lowest BCUT2D eigenvalue weighted by Gasteiger charge is -2.32. The highest BCUT2D eigenvalue weighted by Gasteiger charge is 2.28. The molecule has 1 saturated heterocycles. The van der Waals surface area contributed by atoms with E-state index in [1.165, 1.54) is 0 Å². The van der Waals surface area contributed by atoms with Crippen LogP contribution in [0.2, 0.25) is 0 Å². The van der Waals surface area contributed by atoms with Crippen molar-refractivity contribution in [2.75, 3.05) is 19.8 Å². The van der Waals surface area contributed by atoms with Gasteiger partial charge in [0, 0.05) is 5.92 Å². The summed E-state index contributed by atoms with van der Waals surface area (Å²) in [6.45, 7) is 5.95. The molecule has 5 heteroatoms. The van der Waals surface area contributed by atoms with Gasteiger partial charge in [0.1, 0.15) is 0 Å². The normalized spacial score (nSPS) is 27.5. The zero-order chi connectivity index (χ0) is 21.3. The predicted octanol–water partition coefficient (Wildman–Crippen LogP) is 6.56. The summed E-state index contributed by atoms with van der Waals surface area (Å²) < 4.78 is 46.4. The molecule has 3 nitrogen and oxygen atoms in total. The minimum atomic E-state index is -0.851. The molecule has 0 N–H and O–H groups in total. The SMILES string of the molecule is CC=CC1CCC(COC2CCC(c3ccc(OCCCC)c(F)c3F)CC2)CO1. The maximum absolute atomic E-state index is 14.6. The van der Waals surface area contributed by atoms with Crippen LogP contribution in [-0.4, -0.2) is 32.0 Å². The molecular weight excluding hydrogens is 386 g/mol. The van der Waals surface area contributed by atoms with Crippen molar-refractivity contribution in [3.8, 4) is 5.75 Å². The first-order chi connectivity index (χ1) is 14.6. The topological polar surface area (TPSA) is 27.7 Å². The van der Waals surface area contributed by atoms with Crippen molar-refractivity contribution in [2.45, 2.75) is 83.3 Å². The third kappa shape index (κ3) is 6.27. The molecule has 2 fully saturated rings. The molecule has 3 rings (SSSR count). The van der Waals surface area contributed by atoms with Crippen molar-refractivity contribution in [1.82, 2.24) is 0 Å². The molecule has 1 saturated carbocycles. The number of rotatable bonds is 9. The lowest BCUT2D eigenvalue weighted by Crippen LogP contribution is -2.30. The van der Waals surface area contributed by atoms with E-state index < -0.39 is 11.6 Å². The zero-order valence-electron chi connectivity index (χ0n) is 18.4. The van der Waals surface area contributed by atoms with Gasteiger partial charge < -0.3 is 14.2 Å². The van der Waals surface area contributed by atoms with Crippen LogP contribution >= 0.6 is 0 Å². The second-order valence-corrected chi connectivity index (χ2v) is 8.63. The maximum atomic E-state index is 14.6. The Morgan fingerprint density at radius 1 is 1.07 bits per heavy atom. The Morgan fingerprint density at radius 3 is 2.53 bits per heavy atom. The van der Waals surface area contributed by atoms with Gasteiger partial charge in [0.2, 0.25) is 5.82 Å². The molecule has 2 unspecified atom stereocenters. The van der Waals surface area contributed by atoms with Crippen LogP contribution in [0.4, 0.5) is 8.78 Å². The number of allylic oxidation sites excluding steroid dienone is 1. The minimum Gasteiger partial charge on any atom is -0.490 e. The first-order valence-corrected chi connectivity index (χ1v) is 11.6. The molecule has 0 spiro atoms. The Morgan fingerprint density at radius 2 is 1.87 bits per heavy atom. The van der Waals surface area contributed by atoms with Gasteiger partial charge in [-0.2, -0.15) is 4.39 Å². The van der Waals surface area contributed by atoms with E-state index in [1.54, 1.807) is 12.1 Å². The van der Waals surface area contributed by atoms with Gasteiger partial charge >= 0.3 is 0 Å². The first-order valence-electron chi connectivity index (χ1n) is 11.6. The molecule has 2 atom stereocenters. The third-order valence-corrected chi connectivity index (χ3v) is 6.33. The number of ether oxygens (including phenoxy) is 3. The average Bonchev–Trinajstić information content (AvgIpc) is 2.77. The zero-order valence-corrected chi connectivity index (χ0v) is 18.4. The van der Waals surface area contributed by atoms with Crippen molar-refractivity contribution < 1.29 is 23.0 Å². The molecule has 0 bridgehead atoms. The molecule has 30 heavy (non-hydrogen) atoms. The fourth-order valence-electron chi connectivity index (χ4n) is 4.44. The van der Waals surface area contributed by atoms with Gasteiger partial charge in [-0.15, -0.1) is 0 Å². The number of hydrogen-bond donors (Lipinski definition) is 0. The van der Waals surface area contributed by atoms with E-state index in [9.17, 15) is 8.78 Å². The molecular formula is C25H36F2O3. The summed E-state index contributed by atoms with van der Waals surface area (Å²) in [7, 11) is 0. The fourth-order valence-corrected chi connectivity index (χ4v) is 4.44. The highest BCUT2D eigenvalue weighted by atomic mass is 19.2. The lowest BCUT2D eigenvalue weighted by molar-refractivity contribution is -0.0503. The quantitative estimate of drug-likeness (QED) is 0.333. The molecule has 1 aliphatic carbocycles. The van der Waals surface area contributed by atoms with Crippen LogP contribution in [0.25, 0.3) is 0 Å². The van der Waals surface area contributed by atoms with Gasteiger partial charge in [-0.05, 0) is 69.4 Å². The van der Waals surface area contributed by atoms with Gasteiger partial charge in [0.15, 0.2) is 11.6 Å². The van der Waals surface area contributed by atoms with E-state index in [2.05, 4.69) is 6.08 Å². The van der Waals surface area contributed by atoms with Crippen LogP contribution in [-0.2, 0) is 9.47 Å². The summed E-state index contributed by atoms with van der Waals surface area (Å²) >= 11 is 0. The first kappa shape index (κ1) is 23.2. The number of benzene rings is 1. The van der Waals surface area contributed by atoms with E-state index in [-0.39, 0.29) is 23.9 Å². The highest BCUT2D eigenvalue weighted by molar-refractivity contribution is 5.33. The summed E-state index contributed by atoms with van der Waals surface area (Å²) in [5.41, 5.74) is 0.476. The van der Waals surface area contributed by atoms with Crippen LogP contribution in [0.3, 0.4) is 0 Å². The van der Waals surface area contributed by atoms with Crippen molar-refractivity contribution in [3.63, 3.8) is 0 Å². The van der Waals surface area contributed by atoms with Crippen LogP contribution in [0.1, 0.15) is 76.7 Å². The van der Waals surface area contributed by atoms with Crippen LogP contribution < -0.4 is 4.74 Å². The van der Waals surface area contributed by atoms with E-state index >= 15 is 0 Å². The summed E-state index contributed by atoms with van der Waals surface area (Å²) in [6.07, 6.45) is 12.0. The van der Waals surface area contributed by atoms with E-state index in [4.69, 9.17) is 14.2 Å². The van der Waals surface area contributed by atoms with E-state index in [0.717, 1.165) is 64.6 Å².